The molecule has 2 unspecified atom stereocenters. The van der Waals surface area contributed by atoms with Gasteiger partial charge in [0.15, 0.2) is 0 Å². The Kier molecular flexibility index (Phi) is 5.17. The van der Waals surface area contributed by atoms with Crippen molar-refractivity contribution in [3.8, 4) is 0 Å². The Morgan fingerprint density at radius 2 is 2.00 bits per heavy atom. The maximum atomic E-state index is 12.0. The van der Waals surface area contributed by atoms with Gasteiger partial charge in [-0.25, -0.2) is 9.59 Å². The number of aliphatic hydroxyl groups is 1. The number of ether oxygens (including phenoxy) is 1. The molecule has 0 bridgehead atoms. The quantitative estimate of drug-likeness (QED) is 0.813. The first-order valence-corrected chi connectivity index (χ1v) is 6.58. The molecule has 2 N–H and O–H groups in total. The molecule has 0 aromatic rings. The summed E-state index contributed by atoms with van der Waals surface area (Å²) >= 11 is 0. The van der Waals surface area contributed by atoms with Crippen molar-refractivity contribution in [2.45, 2.75) is 51.7 Å². The van der Waals surface area contributed by atoms with E-state index in [1.54, 1.807) is 20.8 Å². The van der Waals surface area contributed by atoms with Gasteiger partial charge < -0.3 is 14.9 Å². The van der Waals surface area contributed by atoms with Crippen LogP contribution in [-0.2, 0) is 9.53 Å². The SMILES string of the molecule is CC(C)(C)OC(=O)N1CCC(CCO)CC1C(=O)O. The van der Waals surface area contributed by atoms with E-state index in [1.807, 2.05) is 0 Å². The van der Waals surface area contributed by atoms with E-state index < -0.39 is 23.7 Å². The molecule has 0 aromatic carbocycles. The summed E-state index contributed by atoms with van der Waals surface area (Å²) in [6.45, 7) is 5.65. The lowest BCUT2D eigenvalue weighted by Crippen LogP contribution is -2.51. The number of carboxylic acid groups (broad SMARTS) is 1. The van der Waals surface area contributed by atoms with Crippen LogP contribution in [0.2, 0.25) is 0 Å². The van der Waals surface area contributed by atoms with Crippen molar-refractivity contribution >= 4 is 12.1 Å². The topological polar surface area (TPSA) is 87.1 Å². The van der Waals surface area contributed by atoms with E-state index in [0.29, 0.717) is 25.8 Å². The first-order chi connectivity index (χ1) is 8.74. The van der Waals surface area contributed by atoms with E-state index in [9.17, 15) is 14.7 Å². The standard InChI is InChI=1S/C13H23NO5/c1-13(2,3)19-12(18)14-6-4-9(5-7-15)8-10(14)11(16)17/h9-10,15H,4-8H2,1-3H3,(H,16,17). The summed E-state index contributed by atoms with van der Waals surface area (Å²) in [4.78, 5) is 24.5. The molecule has 1 amide bonds. The predicted octanol–water partition coefficient (Wildman–Crippen LogP) is 1.47. The van der Waals surface area contributed by atoms with Gasteiger partial charge in [-0.15, -0.1) is 0 Å². The lowest BCUT2D eigenvalue weighted by molar-refractivity contribution is -0.145. The highest BCUT2D eigenvalue weighted by molar-refractivity contribution is 5.80. The van der Waals surface area contributed by atoms with Crippen molar-refractivity contribution in [2.24, 2.45) is 5.92 Å². The van der Waals surface area contributed by atoms with Crippen LogP contribution < -0.4 is 0 Å². The van der Waals surface area contributed by atoms with E-state index in [2.05, 4.69) is 0 Å². The van der Waals surface area contributed by atoms with Gasteiger partial charge >= 0.3 is 12.1 Å². The van der Waals surface area contributed by atoms with Gasteiger partial charge in [-0.2, -0.15) is 0 Å². The number of carbonyl (C=O) groups is 2. The Hall–Kier alpha value is -1.30. The molecular formula is C13H23NO5. The second-order valence-corrected chi connectivity index (χ2v) is 5.93. The number of hydrogen-bond donors (Lipinski definition) is 2. The summed E-state index contributed by atoms with van der Waals surface area (Å²) in [5.41, 5.74) is -0.637. The molecule has 19 heavy (non-hydrogen) atoms. The molecule has 1 aliphatic heterocycles. The first kappa shape index (κ1) is 15.8. The molecule has 6 heteroatoms. The zero-order valence-corrected chi connectivity index (χ0v) is 11.8. The first-order valence-electron chi connectivity index (χ1n) is 6.58. The zero-order chi connectivity index (χ0) is 14.6. The van der Waals surface area contributed by atoms with Gasteiger partial charge in [-0.05, 0) is 46.0 Å². The van der Waals surface area contributed by atoms with Crippen LogP contribution in [0.15, 0.2) is 0 Å². The Morgan fingerprint density at radius 1 is 1.37 bits per heavy atom. The third-order valence-corrected chi connectivity index (χ3v) is 3.16. The summed E-state index contributed by atoms with van der Waals surface area (Å²) < 4.78 is 5.23. The van der Waals surface area contributed by atoms with Gasteiger partial charge in [0, 0.05) is 13.2 Å². The minimum absolute atomic E-state index is 0.0451. The highest BCUT2D eigenvalue weighted by Crippen LogP contribution is 2.27. The zero-order valence-electron chi connectivity index (χ0n) is 11.8. The monoisotopic (exact) mass is 273 g/mol. The molecular weight excluding hydrogens is 250 g/mol. The largest absolute Gasteiger partial charge is 0.480 e. The Balaban J connectivity index is 2.72. The van der Waals surface area contributed by atoms with Gasteiger partial charge in [0.1, 0.15) is 11.6 Å². The summed E-state index contributed by atoms with van der Waals surface area (Å²) in [7, 11) is 0. The third-order valence-electron chi connectivity index (χ3n) is 3.16. The molecule has 0 radical (unpaired) electrons. The number of likely N-dealkylation sites (tertiary alicyclic amines) is 1. The van der Waals surface area contributed by atoms with E-state index in [0.717, 1.165) is 0 Å². The highest BCUT2D eigenvalue weighted by Gasteiger charge is 2.37. The molecule has 6 nitrogen and oxygen atoms in total. The fraction of sp³-hybridized carbons (Fsp3) is 0.846. The average molecular weight is 273 g/mol. The van der Waals surface area contributed by atoms with Crippen LogP contribution in [0.1, 0.15) is 40.0 Å². The molecule has 1 aliphatic rings. The smallest absolute Gasteiger partial charge is 0.411 e. The van der Waals surface area contributed by atoms with Crippen LogP contribution in [0, 0.1) is 5.92 Å². The minimum Gasteiger partial charge on any atom is -0.480 e. The third kappa shape index (κ3) is 4.70. The fourth-order valence-electron chi connectivity index (χ4n) is 2.26. The number of aliphatic hydroxyl groups excluding tert-OH is 1. The lowest BCUT2D eigenvalue weighted by atomic mass is 9.89. The van der Waals surface area contributed by atoms with Crippen LogP contribution in [0.25, 0.3) is 0 Å². The van der Waals surface area contributed by atoms with Crippen molar-refractivity contribution < 1.29 is 24.5 Å². The van der Waals surface area contributed by atoms with Crippen LogP contribution in [0.4, 0.5) is 4.79 Å². The van der Waals surface area contributed by atoms with Gasteiger partial charge in [0.2, 0.25) is 0 Å². The second-order valence-electron chi connectivity index (χ2n) is 5.93. The highest BCUT2D eigenvalue weighted by atomic mass is 16.6. The summed E-state index contributed by atoms with van der Waals surface area (Å²) in [6.07, 6.45) is 1.06. The molecule has 0 aromatic heterocycles. The molecule has 1 heterocycles. The van der Waals surface area contributed by atoms with E-state index in [1.165, 1.54) is 4.90 Å². The van der Waals surface area contributed by atoms with E-state index in [-0.39, 0.29) is 12.5 Å². The van der Waals surface area contributed by atoms with E-state index in [4.69, 9.17) is 9.84 Å². The summed E-state index contributed by atoms with van der Waals surface area (Å²) in [5.74, 6) is -0.877. The molecule has 110 valence electrons. The molecule has 1 rings (SSSR count). The maximum Gasteiger partial charge on any atom is 0.411 e. The summed E-state index contributed by atoms with van der Waals surface area (Å²) in [5, 5.41) is 18.1. The number of carboxylic acids is 1. The number of nitrogens with zero attached hydrogens (tertiary/aromatic N) is 1. The number of aliphatic carboxylic acids is 1. The number of hydrogen-bond acceptors (Lipinski definition) is 4. The van der Waals surface area contributed by atoms with Crippen molar-refractivity contribution in [3.05, 3.63) is 0 Å². The maximum absolute atomic E-state index is 12.0. The fourth-order valence-corrected chi connectivity index (χ4v) is 2.26. The van der Waals surface area contributed by atoms with Gasteiger partial charge in [0.05, 0.1) is 0 Å². The molecule has 0 aliphatic carbocycles. The minimum atomic E-state index is -1.02. The predicted molar refractivity (Wildman–Crippen MR) is 68.8 cm³/mol. The van der Waals surface area contributed by atoms with Crippen LogP contribution in [0.5, 0.6) is 0 Å². The van der Waals surface area contributed by atoms with Crippen molar-refractivity contribution in [2.75, 3.05) is 13.2 Å². The number of amides is 1. The number of rotatable bonds is 3. The lowest BCUT2D eigenvalue weighted by Gasteiger charge is -2.37. The Bertz CT molecular complexity index is 336. The second kappa shape index (κ2) is 6.23. The Morgan fingerprint density at radius 3 is 2.47 bits per heavy atom. The average Bonchev–Trinajstić information content (AvgIpc) is 2.26. The normalized spacial score (nSPS) is 24.1. The summed E-state index contributed by atoms with van der Waals surface area (Å²) in [6, 6.07) is -0.861. The number of carbonyl (C=O) groups excluding carboxylic acids is 1. The van der Waals surface area contributed by atoms with Crippen LogP contribution >= 0.6 is 0 Å². The molecule has 1 fully saturated rings. The Labute approximate surface area is 113 Å². The molecule has 1 saturated heterocycles. The molecule has 0 spiro atoms. The molecule has 2 atom stereocenters. The number of piperidine rings is 1. The van der Waals surface area contributed by atoms with Crippen molar-refractivity contribution in [1.29, 1.82) is 0 Å². The van der Waals surface area contributed by atoms with Crippen molar-refractivity contribution in [1.82, 2.24) is 4.90 Å². The molecule has 0 saturated carbocycles. The van der Waals surface area contributed by atoms with Crippen molar-refractivity contribution in [3.63, 3.8) is 0 Å². The van der Waals surface area contributed by atoms with Gasteiger partial charge in [0.25, 0.3) is 0 Å². The van der Waals surface area contributed by atoms with E-state index >= 15 is 0 Å². The van der Waals surface area contributed by atoms with Crippen LogP contribution in [-0.4, -0.2) is 52.0 Å². The van der Waals surface area contributed by atoms with Crippen LogP contribution in [0.3, 0.4) is 0 Å². The van der Waals surface area contributed by atoms with Gasteiger partial charge in [-0.1, -0.05) is 0 Å². The van der Waals surface area contributed by atoms with Gasteiger partial charge in [-0.3, -0.25) is 4.90 Å².